The van der Waals surface area contributed by atoms with Crippen LogP contribution < -0.4 is 0 Å². The summed E-state index contributed by atoms with van der Waals surface area (Å²) in [5, 5.41) is 9.21. The van der Waals surface area contributed by atoms with Crippen molar-refractivity contribution in [2.45, 2.75) is 13.8 Å². The summed E-state index contributed by atoms with van der Waals surface area (Å²) in [7, 11) is 0. The minimum Gasteiger partial charge on any atom is -0.460 e. The molecule has 6 nitrogen and oxygen atoms in total. The summed E-state index contributed by atoms with van der Waals surface area (Å²) in [4.78, 5) is 19.6. The van der Waals surface area contributed by atoms with Gasteiger partial charge in [0.25, 0.3) is 0 Å². The molecule has 0 amide bonds. The van der Waals surface area contributed by atoms with Gasteiger partial charge in [0.15, 0.2) is 0 Å². The Kier molecular flexibility index (Phi) is 2.95. The number of H-pyrrole nitrogens is 1. The van der Waals surface area contributed by atoms with Gasteiger partial charge in [-0.25, -0.2) is 9.78 Å². The van der Waals surface area contributed by atoms with Gasteiger partial charge in [-0.1, -0.05) is 0 Å². The third kappa shape index (κ3) is 2.08. The lowest BCUT2D eigenvalue weighted by molar-refractivity contribution is 0.0512. The summed E-state index contributed by atoms with van der Waals surface area (Å²) in [5.41, 5.74) is 0.661. The molecule has 0 spiro atoms. The number of thiazole rings is 1. The van der Waals surface area contributed by atoms with Crippen LogP contribution in [0.4, 0.5) is 0 Å². The van der Waals surface area contributed by atoms with E-state index in [2.05, 4.69) is 20.2 Å². The number of nitrogens with zero attached hydrogens (tertiary/aromatic N) is 3. The maximum Gasteiger partial charge on any atom is 0.375 e. The largest absolute Gasteiger partial charge is 0.460 e. The van der Waals surface area contributed by atoms with Crippen LogP contribution >= 0.6 is 11.3 Å². The molecule has 0 aliphatic carbocycles. The van der Waals surface area contributed by atoms with Crippen molar-refractivity contribution in [1.82, 2.24) is 20.2 Å². The van der Waals surface area contributed by atoms with Crippen molar-refractivity contribution < 1.29 is 9.53 Å². The van der Waals surface area contributed by atoms with Crippen molar-refractivity contribution in [3.63, 3.8) is 0 Å². The van der Waals surface area contributed by atoms with Gasteiger partial charge in [-0.3, -0.25) is 5.10 Å². The Labute approximate surface area is 95.7 Å². The van der Waals surface area contributed by atoms with Gasteiger partial charge in [0.1, 0.15) is 5.69 Å². The molecule has 84 valence electrons. The van der Waals surface area contributed by atoms with E-state index in [-0.39, 0.29) is 5.82 Å². The third-order valence-electron chi connectivity index (χ3n) is 1.80. The average Bonchev–Trinajstić information content (AvgIpc) is 2.85. The number of esters is 1. The Hall–Kier alpha value is -1.76. The molecule has 2 aromatic rings. The Bertz CT molecular complexity index is 505. The molecular weight excluding hydrogens is 228 g/mol. The first-order chi connectivity index (χ1) is 7.70. The number of rotatable bonds is 3. The van der Waals surface area contributed by atoms with Crippen molar-refractivity contribution in [3.05, 3.63) is 16.2 Å². The molecule has 0 atom stereocenters. The standard InChI is InChI=1S/C9H10N4O2S/c1-3-15-9(14)8-11-7(12-13-8)6-4-16-5(2)10-6/h4H,3H2,1-2H3,(H,11,12,13). The minimum atomic E-state index is -0.506. The van der Waals surface area contributed by atoms with Crippen molar-refractivity contribution >= 4 is 17.3 Å². The van der Waals surface area contributed by atoms with E-state index in [1.165, 1.54) is 11.3 Å². The first-order valence-corrected chi connectivity index (χ1v) is 5.60. The van der Waals surface area contributed by atoms with Crippen molar-refractivity contribution in [3.8, 4) is 11.5 Å². The highest BCUT2D eigenvalue weighted by Crippen LogP contribution is 2.17. The molecule has 0 aliphatic heterocycles. The predicted octanol–water partition coefficient (Wildman–Crippen LogP) is 1.41. The third-order valence-corrected chi connectivity index (χ3v) is 2.58. The summed E-state index contributed by atoms with van der Waals surface area (Å²) < 4.78 is 4.79. The molecule has 0 bridgehead atoms. The van der Waals surface area contributed by atoms with E-state index in [0.717, 1.165) is 5.01 Å². The summed E-state index contributed by atoms with van der Waals surface area (Å²) in [6, 6.07) is 0. The van der Waals surface area contributed by atoms with Crippen LogP contribution in [-0.4, -0.2) is 32.7 Å². The van der Waals surface area contributed by atoms with Crippen LogP contribution in [-0.2, 0) is 4.74 Å². The van der Waals surface area contributed by atoms with Crippen molar-refractivity contribution in [2.24, 2.45) is 0 Å². The number of hydrogen-bond acceptors (Lipinski definition) is 6. The van der Waals surface area contributed by atoms with Gasteiger partial charge in [-0.2, -0.15) is 10.1 Å². The van der Waals surface area contributed by atoms with E-state index in [1.54, 1.807) is 6.92 Å². The monoisotopic (exact) mass is 238 g/mol. The van der Waals surface area contributed by atoms with Crippen LogP contribution in [0, 0.1) is 6.92 Å². The first kappa shape index (κ1) is 10.7. The molecule has 16 heavy (non-hydrogen) atoms. The normalized spacial score (nSPS) is 10.4. The van der Waals surface area contributed by atoms with Crippen molar-refractivity contribution in [1.29, 1.82) is 0 Å². The van der Waals surface area contributed by atoms with E-state index < -0.39 is 5.97 Å². The molecule has 0 aromatic carbocycles. The van der Waals surface area contributed by atoms with Crippen LogP contribution in [0.3, 0.4) is 0 Å². The fraction of sp³-hybridized carbons (Fsp3) is 0.333. The molecule has 0 unspecified atom stereocenters. The van der Waals surface area contributed by atoms with E-state index in [1.807, 2.05) is 12.3 Å². The van der Waals surface area contributed by atoms with Gasteiger partial charge < -0.3 is 4.74 Å². The number of ether oxygens (including phenoxy) is 1. The van der Waals surface area contributed by atoms with E-state index in [0.29, 0.717) is 18.1 Å². The highest BCUT2D eigenvalue weighted by atomic mass is 32.1. The lowest BCUT2D eigenvalue weighted by Crippen LogP contribution is -2.06. The van der Waals surface area contributed by atoms with Gasteiger partial charge in [0.05, 0.1) is 11.6 Å². The summed E-state index contributed by atoms with van der Waals surface area (Å²) in [6.07, 6.45) is 0. The number of carbonyl (C=O) groups is 1. The second kappa shape index (κ2) is 4.40. The van der Waals surface area contributed by atoms with E-state index in [4.69, 9.17) is 4.74 Å². The second-order valence-electron chi connectivity index (χ2n) is 2.98. The van der Waals surface area contributed by atoms with Gasteiger partial charge in [0.2, 0.25) is 11.6 Å². The molecule has 1 N–H and O–H groups in total. The van der Waals surface area contributed by atoms with Crippen LogP contribution in [0.2, 0.25) is 0 Å². The molecule has 0 saturated heterocycles. The molecule has 2 rings (SSSR count). The molecule has 0 aliphatic rings. The zero-order chi connectivity index (χ0) is 11.5. The maximum atomic E-state index is 11.3. The lowest BCUT2D eigenvalue weighted by atomic mass is 10.5. The zero-order valence-electron chi connectivity index (χ0n) is 8.85. The molecule has 2 heterocycles. The van der Waals surface area contributed by atoms with Gasteiger partial charge in [-0.05, 0) is 13.8 Å². The van der Waals surface area contributed by atoms with Gasteiger partial charge in [-0.15, -0.1) is 11.3 Å². The van der Waals surface area contributed by atoms with Crippen LogP contribution in [0.5, 0.6) is 0 Å². The quantitative estimate of drug-likeness (QED) is 0.818. The SMILES string of the molecule is CCOC(=O)c1nc(-c2csc(C)n2)n[nH]1. The number of aromatic amines is 1. The predicted molar refractivity (Wildman–Crippen MR) is 58.2 cm³/mol. The molecule has 2 aromatic heterocycles. The topological polar surface area (TPSA) is 80.8 Å². The lowest BCUT2D eigenvalue weighted by Gasteiger charge is -1.94. The maximum absolute atomic E-state index is 11.3. The zero-order valence-corrected chi connectivity index (χ0v) is 9.67. The van der Waals surface area contributed by atoms with Crippen LogP contribution in [0.25, 0.3) is 11.5 Å². The number of aromatic nitrogens is 4. The Morgan fingerprint density at radius 3 is 3.00 bits per heavy atom. The summed E-state index contributed by atoms with van der Waals surface area (Å²) >= 11 is 1.51. The first-order valence-electron chi connectivity index (χ1n) is 4.72. The molecule has 7 heteroatoms. The average molecular weight is 238 g/mol. The number of hydrogen-bond donors (Lipinski definition) is 1. The Morgan fingerprint density at radius 2 is 2.38 bits per heavy atom. The van der Waals surface area contributed by atoms with E-state index >= 15 is 0 Å². The fourth-order valence-electron chi connectivity index (χ4n) is 1.13. The molecule has 0 saturated carbocycles. The molecule has 0 fully saturated rings. The minimum absolute atomic E-state index is 0.0995. The smallest absolute Gasteiger partial charge is 0.375 e. The molecule has 0 radical (unpaired) electrons. The van der Waals surface area contributed by atoms with Crippen LogP contribution in [0.15, 0.2) is 5.38 Å². The van der Waals surface area contributed by atoms with Crippen LogP contribution in [0.1, 0.15) is 22.6 Å². The second-order valence-corrected chi connectivity index (χ2v) is 4.04. The van der Waals surface area contributed by atoms with Gasteiger partial charge >= 0.3 is 5.97 Å². The number of aryl methyl sites for hydroxylation is 1. The highest BCUT2D eigenvalue weighted by Gasteiger charge is 2.14. The number of carbonyl (C=O) groups excluding carboxylic acids is 1. The fourth-order valence-corrected chi connectivity index (χ4v) is 1.72. The van der Waals surface area contributed by atoms with Crippen molar-refractivity contribution in [2.75, 3.05) is 6.61 Å². The Morgan fingerprint density at radius 1 is 1.56 bits per heavy atom. The van der Waals surface area contributed by atoms with Gasteiger partial charge in [0, 0.05) is 5.38 Å². The summed E-state index contributed by atoms with van der Waals surface area (Å²) in [5.74, 6) is 0.00288. The summed E-state index contributed by atoms with van der Waals surface area (Å²) in [6.45, 7) is 3.94. The molecular formula is C9H10N4O2S. The highest BCUT2D eigenvalue weighted by molar-refractivity contribution is 7.09. The van der Waals surface area contributed by atoms with E-state index in [9.17, 15) is 4.79 Å². The Balaban J connectivity index is 2.22. The number of nitrogens with one attached hydrogen (secondary N) is 1.